The highest BCUT2D eigenvalue weighted by Crippen LogP contribution is 2.51. The minimum absolute atomic E-state index is 0.0924. The van der Waals surface area contributed by atoms with Gasteiger partial charge in [-0.15, -0.1) is 0 Å². The first-order chi connectivity index (χ1) is 8.47. The highest BCUT2D eigenvalue weighted by Gasteiger charge is 2.46. The van der Waals surface area contributed by atoms with Gasteiger partial charge in [0.05, 0.1) is 12.7 Å². The lowest BCUT2D eigenvalue weighted by molar-refractivity contribution is -0.147. The smallest absolute Gasteiger partial charge is 0.321 e. The standard InChI is InChI=1S/C14H20INO2/c1-3-14(2,15)13(17)18-8-12-6-9-4-10(12)5-11(9)7-16/h9-12H,3-6,8H2,1-2H3. The molecular formula is C14H20INO2. The summed E-state index contributed by atoms with van der Waals surface area (Å²) in [5.74, 6) is 1.82. The second kappa shape index (κ2) is 5.36. The molecule has 2 aliphatic rings. The van der Waals surface area contributed by atoms with Crippen LogP contribution in [0.1, 0.15) is 39.5 Å². The number of carbonyl (C=O) groups is 1. The Morgan fingerprint density at radius 1 is 1.44 bits per heavy atom. The first-order valence-electron chi connectivity index (χ1n) is 6.73. The number of ether oxygens (including phenoxy) is 1. The summed E-state index contributed by atoms with van der Waals surface area (Å²) in [7, 11) is 0. The zero-order chi connectivity index (χ0) is 13.3. The molecule has 0 heterocycles. The molecule has 3 nitrogen and oxygen atoms in total. The number of rotatable bonds is 4. The van der Waals surface area contributed by atoms with Gasteiger partial charge in [-0.05, 0) is 50.4 Å². The molecule has 2 bridgehead atoms. The quantitative estimate of drug-likeness (QED) is 0.439. The van der Waals surface area contributed by atoms with E-state index < -0.39 is 3.42 Å². The summed E-state index contributed by atoms with van der Waals surface area (Å²) < 4.78 is 5.08. The third kappa shape index (κ3) is 2.66. The van der Waals surface area contributed by atoms with Gasteiger partial charge in [-0.3, -0.25) is 4.79 Å². The summed E-state index contributed by atoms with van der Waals surface area (Å²) >= 11 is 2.17. The predicted octanol–water partition coefficient (Wildman–Crippen LogP) is 3.32. The molecule has 2 saturated carbocycles. The van der Waals surface area contributed by atoms with Crippen molar-refractivity contribution in [3.63, 3.8) is 0 Å². The van der Waals surface area contributed by atoms with Crippen LogP contribution in [-0.2, 0) is 9.53 Å². The van der Waals surface area contributed by atoms with Crippen molar-refractivity contribution in [2.45, 2.75) is 43.0 Å². The van der Waals surface area contributed by atoms with Crippen molar-refractivity contribution in [2.75, 3.05) is 6.61 Å². The van der Waals surface area contributed by atoms with Gasteiger partial charge >= 0.3 is 5.97 Å². The molecule has 0 amide bonds. The molecule has 0 N–H and O–H groups in total. The molecule has 5 atom stereocenters. The van der Waals surface area contributed by atoms with Crippen molar-refractivity contribution in [1.82, 2.24) is 0 Å². The van der Waals surface area contributed by atoms with E-state index in [-0.39, 0.29) is 11.9 Å². The highest BCUT2D eigenvalue weighted by atomic mass is 127. The molecule has 0 aliphatic heterocycles. The van der Waals surface area contributed by atoms with Crippen LogP contribution in [0.3, 0.4) is 0 Å². The Morgan fingerprint density at radius 2 is 2.17 bits per heavy atom. The minimum atomic E-state index is -0.398. The van der Waals surface area contributed by atoms with E-state index in [4.69, 9.17) is 10.00 Å². The Bertz CT molecular complexity index is 374. The largest absolute Gasteiger partial charge is 0.464 e. The van der Waals surface area contributed by atoms with Gasteiger partial charge in [-0.25, -0.2) is 0 Å². The molecular weight excluding hydrogens is 341 g/mol. The Hall–Kier alpha value is -0.310. The molecule has 0 saturated heterocycles. The van der Waals surface area contributed by atoms with E-state index in [1.54, 1.807) is 0 Å². The molecule has 0 spiro atoms. The Balaban J connectivity index is 1.81. The van der Waals surface area contributed by atoms with E-state index in [2.05, 4.69) is 28.7 Å². The van der Waals surface area contributed by atoms with Crippen molar-refractivity contribution in [2.24, 2.45) is 23.7 Å². The van der Waals surface area contributed by atoms with Crippen LogP contribution in [0.5, 0.6) is 0 Å². The number of nitrogens with zero attached hydrogens (tertiary/aromatic N) is 1. The Labute approximate surface area is 122 Å². The van der Waals surface area contributed by atoms with Gasteiger partial charge in [0.15, 0.2) is 0 Å². The zero-order valence-electron chi connectivity index (χ0n) is 11.0. The fourth-order valence-electron chi connectivity index (χ4n) is 3.23. The van der Waals surface area contributed by atoms with Crippen molar-refractivity contribution in [3.8, 4) is 6.07 Å². The monoisotopic (exact) mass is 361 g/mol. The molecule has 0 aromatic carbocycles. The number of esters is 1. The number of carbonyl (C=O) groups excluding carboxylic acids is 1. The van der Waals surface area contributed by atoms with Crippen LogP contribution >= 0.6 is 22.6 Å². The average Bonchev–Trinajstić information content (AvgIpc) is 2.94. The maximum absolute atomic E-state index is 11.9. The van der Waals surface area contributed by atoms with E-state index in [0.717, 1.165) is 25.7 Å². The lowest BCUT2D eigenvalue weighted by Gasteiger charge is -2.26. The molecule has 0 radical (unpaired) electrons. The second-order valence-corrected chi connectivity index (χ2v) is 8.25. The van der Waals surface area contributed by atoms with Crippen LogP contribution in [-0.4, -0.2) is 16.0 Å². The zero-order valence-corrected chi connectivity index (χ0v) is 13.1. The first kappa shape index (κ1) is 14.1. The van der Waals surface area contributed by atoms with Gasteiger partial charge in [0.2, 0.25) is 0 Å². The molecule has 4 heteroatoms. The SMILES string of the molecule is CCC(C)(I)C(=O)OCC1CC2CC1CC2C#N. The number of hydrogen-bond donors (Lipinski definition) is 0. The maximum Gasteiger partial charge on any atom is 0.321 e. The molecule has 2 aliphatic carbocycles. The summed E-state index contributed by atoms with van der Waals surface area (Å²) in [6.45, 7) is 4.47. The molecule has 0 aromatic heterocycles. The van der Waals surface area contributed by atoms with Crippen LogP contribution in [0.4, 0.5) is 0 Å². The lowest BCUT2D eigenvalue weighted by Crippen LogP contribution is -2.32. The Morgan fingerprint density at radius 3 is 2.67 bits per heavy atom. The predicted molar refractivity (Wildman–Crippen MR) is 77.1 cm³/mol. The molecule has 2 fully saturated rings. The number of halogens is 1. The van der Waals surface area contributed by atoms with Gasteiger partial charge in [0, 0.05) is 5.92 Å². The van der Waals surface area contributed by atoms with Gasteiger partial charge in [0.25, 0.3) is 0 Å². The molecule has 100 valence electrons. The van der Waals surface area contributed by atoms with Crippen LogP contribution < -0.4 is 0 Å². The fourth-order valence-corrected chi connectivity index (χ4v) is 3.39. The normalized spacial score (nSPS) is 37.0. The van der Waals surface area contributed by atoms with Gasteiger partial charge in [-0.1, -0.05) is 29.5 Å². The third-order valence-electron chi connectivity index (χ3n) is 4.69. The number of fused-ring (bicyclic) bond motifs is 2. The number of alkyl halides is 1. The maximum atomic E-state index is 11.9. The van der Waals surface area contributed by atoms with Gasteiger partial charge < -0.3 is 4.74 Å². The van der Waals surface area contributed by atoms with Crippen LogP contribution in [0.15, 0.2) is 0 Å². The average molecular weight is 361 g/mol. The topological polar surface area (TPSA) is 50.1 Å². The van der Waals surface area contributed by atoms with Crippen LogP contribution in [0.2, 0.25) is 0 Å². The van der Waals surface area contributed by atoms with E-state index >= 15 is 0 Å². The van der Waals surface area contributed by atoms with Crippen molar-refractivity contribution in [1.29, 1.82) is 5.26 Å². The summed E-state index contributed by atoms with van der Waals surface area (Å²) in [5.41, 5.74) is 0. The summed E-state index contributed by atoms with van der Waals surface area (Å²) in [5, 5.41) is 8.99. The fraction of sp³-hybridized carbons (Fsp3) is 0.857. The highest BCUT2D eigenvalue weighted by molar-refractivity contribution is 14.1. The molecule has 2 rings (SSSR count). The van der Waals surface area contributed by atoms with Crippen LogP contribution in [0, 0.1) is 35.0 Å². The molecule has 18 heavy (non-hydrogen) atoms. The molecule has 5 unspecified atom stereocenters. The summed E-state index contributed by atoms with van der Waals surface area (Å²) in [4.78, 5) is 11.9. The van der Waals surface area contributed by atoms with E-state index in [1.165, 1.54) is 0 Å². The molecule has 0 aromatic rings. The van der Waals surface area contributed by atoms with E-state index in [9.17, 15) is 4.79 Å². The van der Waals surface area contributed by atoms with Crippen molar-refractivity contribution < 1.29 is 9.53 Å². The second-order valence-electron chi connectivity index (χ2n) is 5.87. The lowest BCUT2D eigenvalue weighted by atomic mass is 9.83. The van der Waals surface area contributed by atoms with Crippen molar-refractivity contribution >= 4 is 28.6 Å². The van der Waals surface area contributed by atoms with Crippen molar-refractivity contribution in [3.05, 3.63) is 0 Å². The van der Waals surface area contributed by atoms with E-state index in [0.29, 0.717) is 24.4 Å². The Kier molecular flexibility index (Phi) is 4.20. The number of nitriles is 1. The van der Waals surface area contributed by atoms with Gasteiger partial charge in [0.1, 0.15) is 3.42 Å². The number of hydrogen-bond acceptors (Lipinski definition) is 3. The summed E-state index contributed by atoms with van der Waals surface area (Å²) in [6, 6.07) is 2.41. The van der Waals surface area contributed by atoms with Crippen LogP contribution in [0.25, 0.3) is 0 Å². The van der Waals surface area contributed by atoms with Gasteiger partial charge in [-0.2, -0.15) is 5.26 Å². The first-order valence-corrected chi connectivity index (χ1v) is 7.81. The third-order valence-corrected chi connectivity index (χ3v) is 5.89. The van der Waals surface area contributed by atoms with E-state index in [1.807, 2.05) is 13.8 Å². The minimum Gasteiger partial charge on any atom is -0.464 e. The summed E-state index contributed by atoms with van der Waals surface area (Å²) in [6.07, 6.45) is 4.04.